The number of nitrogens with one attached hydrogen (secondary N) is 1. The third kappa shape index (κ3) is 4.49. The second-order valence-corrected chi connectivity index (χ2v) is 5.69. The number of amides is 1. The topological polar surface area (TPSA) is 55.1 Å². The Kier molecular flexibility index (Phi) is 5.22. The Morgan fingerprint density at radius 2 is 2.05 bits per heavy atom. The van der Waals surface area contributed by atoms with E-state index in [0.29, 0.717) is 11.4 Å². The summed E-state index contributed by atoms with van der Waals surface area (Å²) in [5.74, 6) is 0.513. The smallest absolute Gasteiger partial charge is 0.234 e. The van der Waals surface area contributed by atoms with Crippen molar-refractivity contribution in [2.45, 2.75) is 12.7 Å². The molecule has 0 atom stereocenters. The molecule has 0 radical (unpaired) electrons. The van der Waals surface area contributed by atoms with E-state index >= 15 is 0 Å². The van der Waals surface area contributed by atoms with Crippen LogP contribution in [-0.2, 0) is 10.5 Å². The largest absolute Gasteiger partial charge is 0.396 e. The summed E-state index contributed by atoms with van der Waals surface area (Å²) in [6.07, 6.45) is 0. The van der Waals surface area contributed by atoms with Gasteiger partial charge in [0.2, 0.25) is 5.91 Å². The molecule has 21 heavy (non-hydrogen) atoms. The number of benzene rings is 2. The summed E-state index contributed by atoms with van der Waals surface area (Å²) in [7, 11) is 0. The fraction of sp³-hybridized carbons (Fsp3) is 0.188. The van der Waals surface area contributed by atoms with Crippen LogP contribution in [0.5, 0.6) is 0 Å². The maximum absolute atomic E-state index is 13.0. The van der Waals surface area contributed by atoms with Crippen LogP contribution in [-0.4, -0.2) is 11.7 Å². The van der Waals surface area contributed by atoms with Crippen molar-refractivity contribution in [3.8, 4) is 0 Å². The highest BCUT2D eigenvalue weighted by atomic mass is 32.2. The number of halogens is 1. The van der Waals surface area contributed by atoms with Gasteiger partial charge in [0.15, 0.2) is 0 Å². The molecule has 0 saturated carbocycles. The zero-order valence-corrected chi connectivity index (χ0v) is 12.5. The second kappa shape index (κ2) is 7.13. The van der Waals surface area contributed by atoms with E-state index in [1.165, 1.54) is 41.1 Å². The van der Waals surface area contributed by atoms with E-state index in [0.717, 1.165) is 5.75 Å². The van der Waals surface area contributed by atoms with Crippen LogP contribution in [0.4, 0.5) is 15.8 Å². The molecule has 0 bridgehead atoms. The van der Waals surface area contributed by atoms with E-state index in [9.17, 15) is 9.18 Å². The Balaban J connectivity index is 1.82. The van der Waals surface area contributed by atoms with Crippen LogP contribution >= 0.6 is 11.8 Å². The quantitative estimate of drug-likeness (QED) is 0.830. The molecule has 0 aliphatic carbocycles. The van der Waals surface area contributed by atoms with Crippen molar-refractivity contribution in [3.63, 3.8) is 0 Å². The van der Waals surface area contributed by atoms with Crippen molar-refractivity contribution in [1.82, 2.24) is 0 Å². The first kappa shape index (κ1) is 15.4. The van der Waals surface area contributed by atoms with Gasteiger partial charge in [0, 0.05) is 11.4 Å². The summed E-state index contributed by atoms with van der Waals surface area (Å²) in [5, 5.41) is 2.70. The number of aryl methyl sites for hydroxylation is 1. The van der Waals surface area contributed by atoms with Gasteiger partial charge < -0.3 is 11.1 Å². The van der Waals surface area contributed by atoms with Crippen LogP contribution in [0.25, 0.3) is 0 Å². The first-order chi connectivity index (χ1) is 10.1. The number of hydrogen-bond acceptors (Lipinski definition) is 3. The molecule has 0 aliphatic heterocycles. The molecular weight excluding hydrogens is 287 g/mol. The fourth-order valence-corrected chi connectivity index (χ4v) is 2.75. The lowest BCUT2D eigenvalue weighted by Gasteiger charge is -2.07. The van der Waals surface area contributed by atoms with Crippen molar-refractivity contribution in [2.75, 3.05) is 16.8 Å². The molecule has 2 rings (SSSR count). The van der Waals surface area contributed by atoms with Crippen LogP contribution in [0.3, 0.4) is 0 Å². The Hall–Kier alpha value is -2.01. The average Bonchev–Trinajstić information content (AvgIpc) is 2.45. The van der Waals surface area contributed by atoms with Gasteiger partial charge in [-0.3, -0.25) is 4.79 Å². The van der Waals surface area contributed by atoms with Gasteiger partial charge in [0.05, 0.1) is 11.4 Å². The van der Waals surface area contributed by atoms with E-state index in [1.54, 1.807) is 0 Å². The van der Waals surface area contributed by atoms with Crippen molar-refractivity contribution < 1.29 is 9.18 Å². The van der Waals surface area contributed by atoms with E-state index in [2.05, 4.69) is 24.4 Å². The van der Waals surface area contributed by atoms with E-state index < -0.39 is 5.82 Å². The van der Waals surface area contributed by atoms with E-state index in [4.69, 9.17) is 5.73 Å². The van der Waals surface area contributed by atoms with Gasteiger partial charge >= 0.3 is 0 Å². The summed E-state index contributed by atoms with van der Waals surface area (Å²) >= 11 is 1.54. The summed E-state index contributed by atoms with van der Waals surface area (Å²) in [6, 6.07) is 12.2. The molecule has 3 N–H and O–H groups in total. The Morgan fingerprint density at radius 1 is 1.29 bits per heavy atom. The van der Waals surface area contributed by atoms with E-state index in [1.807, 2.05) is 12.1 Å². The first-order valence-electron chi connectivity index (χ1n) is 6.53. The first-order valence-corrected chi connectivity index (χ1v) is 7.69. The van der Waals surface area contributed by atoms with Gasteiger partial charge in [-0.2, -0.15) is 0 Å². The number of rotatable bonds is 5. The van der Waals surface area contributed by atoms with Gasteiger partial charge in [-0.25, -0.2) is 4.39 Å². The number of carbonyl (C=O) groups is 1. The maximum Gasteiger partial charge on any atom is 0.234 e. The summed E-state index contributed by atoms with van der Waals surface area (Å²) in [4.78, 5) is 11.8. The standard InChI is InChI=1S/C16H17FN2OS/c1-11-4-2-3-5-12(11)9-21-10-16(20)19-13-6-7-14(17)15(18)8-13/h2-8H,9-10,18H2,1H3,(H,19,20). The van der Waals surface area contributed by atoms with Crippen molar-refractivity contribution in [3.05, 3.63) is 59.4 Å². The molecule has 2 aromatic carbocycles. The zero-order valence-electron chi connectivity index (χ0n) is 11.7. The van der Waals surface area contributed by atoms with Crippen LogP contribution < -0.4 is 11.1 Å². The van der Waals surface area contributed by atoms with Gasteiger partial charge in [-0.05, 0) is 36.2 Å². The lowest BCUT2D eigenvalue weighted by molar-refractivity contribution is -0.113. The van der Waals surface area contributed by atoms with Gasteiger partial charge in [0.25, 0.3) is 0 Å². The lowest BCUT2D eigenvalue weighted by Crippen LogP contribution is -2.14. The SMILES string of the molecule is Cc1ccccc1CSCC(=O)Nc1ccc(F)c(N)c1. The Morgan fingerprint density at radius 3 is 2.76 bits per heavy atom. The van der Waals surface area contributed by atoms with Crippen LogP contribution in [0.2, 0.25) is 0 Å². The summed E-state index contributed by atoms with van der Waals surface area (Å²) < 4.78 is 13.0. The molecule has 0 saturated heterocycles. The molecule has 0 aromatic heterocycles. The monoisotopic (exact) mass is 304 g/mol. The second-order valence-electron chi connectivity index (χ2n) is 4.70. The number of carbonyl (C=O) groups excluding carboxylic acids is 1. The maximum atomic E-state index is 13.0. The molecule has 110 valence electrons. The molecule has 0 unspecified atom stereocenters. The summed E-state index contributed by atoms with van der Waals surface area (Å²) in [6.45, 7) is 2.05. The minimum atomic E-state index is -0.484. The molecule has 5 heteroatoms. The molecule has 1 amide bonds. The minimum absolute atomic E-state index is 0.0281. The average molecular weight is 304 g/mol. The third-order valence-electron chi connectivity index (χ3n) is 3.03. The lowest BCUT2D eigenvalue weighted by atomic mass is 10.1. The number of nitrogens with two attached hydrogens (primary N) is 1. The Labute approximate surface area is 127 Å². The molecule has 0 spiro atoms. The highest BCUT2D eigenvalue weighted by Gasteiger charge is 2.06. The molecular formula is C16H17FN2OS. The third-order valence-corrected chi connectivity index (χ3v) is 4.01. The highest BCUT2D eigenvalue weighted by Crippen LogP contribution is 2.18. The van der Waals surface area contributed by atoms with Gasteiger partial charge in [-0.1, -0.05) is 24.3 Å². The normalized spacial score (nSPS) is 10.4. The van der Waals surface area contributed by atoms with Crippen LogP contribution in [0.1, 0.15) is 11.1 Å². The molecule has 3 nitrogen and oxygen atoms in total. The van der Waals surface area contributed by atoms with Gasteiger partial charge in [0.1, 0.15) is 5.82 Å². The predicted octanol–water partition coefficient (Wildman–Crippen LogP) is 3.59. The Bertz CT molecular complexity index is 646. The van der Waals surface area contributed by atoms with Crippen molar-refractivity contribution in [1.29, 1.82) is 0 Å². The highest BCUT2D eigenvalue weighted by molar-refractivity contribution is 7.99. The molecule has 0 aliphatic rings. The number of anilines is 2. The summed E-state index contributed by atoms with van der Waals surface area (Å²) in [5.41, 5.74) is 8.44. The fourth-order valence-electron chi connectivity index (χ4n) is 1.84. The van der Waals surface area contributed by atoms with Crippen molar-refractivity contribution in [2.24, 2.45) is 0 Å². The molecule has 0 fully saturated rings. The van der Waals surface area contributed by atoms with Gasteiger partial charge in [-0.15, -0.1) is 11.8 Å². The number of thioether (sulfide) groups is 1. The van der Waals surface area contributed by atoms with E-state index in [-0.39, 0.29) is 11.6 Å². The molecule has 2 aromatic rings. The number of hydrogen-bond donors (Lipinski definition) is 2. The number of nitrogen functional groups attached to an aromatic ring is 1. The zero-order chi connectivity index (χ0) is 15.2. The minimum Gasteiger partial charge on any atom is -0.396 e. The molecule has 0 heterocycles. The van der Waals surface area contributed by atoms with Crippen LogP contribution in [0.15, 0.2) is 42.5 Å². The predicted molar refractivity (Wildman–Crippen MR) is 86.8 cm³/mol. The van der Waals surface area contributed by atoms with Crippen LogP contribution in [0, 0.1) is 12.7 Å². The van der Waals surface area contributed by atoms with Crippen molar-refractivity contribution >= 4 is 29.0 Å².